The summed E-state index contributed by atoms with van der Waals surface area (Å²) in [6.07, 6.45) is 5.37. The SMILES string of the molecule is Cc1ccc(N(c2ccc(C)cc2)C2(C)C(=O)NC(=O)CCCCCCC2C)cc1. The number of hydrogen-bond acceptors (Lipinski definition) is 3. The fourth-order valence-corrected chi connectivity index (χ4v) is 4.31. The highest BCUT2D eigenvalue weighted by molar-refractivity contribution is 6.02. The lowest BCUT2D eigenvalue weighted by Gasteiger charge is -2.45. The molecule has 160 valence electrons. The predicted molar refractivity (Wildman–Crippen MR) is 123 cm³/mol. The lowest BCUT2D eigenvalue weighted by Crippen LogP contribution is -2.60. The molecular formula is C26H34N2O2. The van der Waals surface area contributed by atoms with E-state index in [0.717, 1.165) is 43.5 Å². The van der Waals surface area contributed by atoms with Gasteiger partial charge in [0.05, 0.1) is 0 Å². The van der Waals surface area contributed by atoms with E-state index < -0.39 is 5.54 Å². The number of carbonyl (C=O) groups is 2. The number of aryl methyl sites for hydroxylation is 2. The first kappa shape index (κ1) is 22.1. The molecule has 2 atom stereocenters. The molecule has 4 heteroatoms. The Morgan fingerprint density at radius 1 is 0.833 bits per heavy atom. The molecule has 1 heterocycles. The first-order valence-electron chi connectivity index (χ1n) is 11.1. The van der Waals surface area contributed by atoms with E-state index in [9.17, 15) is 9.59 Å². The number of imide groups is 1. The van der Waals surface area contributed by atoms with Crippen LogP contribution in [0.2, 0.25) is 0 Å². The van der Waals surface area contributed by atoms with Gasteiger partial charge in [-0.2, -0.15) is 0 Å². The minimum atomic E-state index is -0.898. The second-order valence-corrected chi connectivity index (χ2v) is 8.89. The normalized spacial score (nSPS) is 23.4. The van der Waals surface area contributed by atoms with Gasteiger partial charge in [-0.3, -0.25) is 14.9 Å². The summed E-state index contributed by atoms with van der Waals surface area (Å²) in [4.78, 5) is 28.2. The summed E-state index contributed by atoms with van der Waals surface area (Å²) in [6, 6.07) is 16.5. The summed E-state index contributed by atoms with van der Waals surface area (Å²) in [7, 11) is 0. The van der Waals surface area contributed by atoms with Crippen LogP contribution in [0, 0.1) is 19.8 Å². The van der Waals surface area contributed by atoms with Gasteiger partial charge >= 0.3 is 0 Å². The van der Waals surface area contributed by atoms with Crippen molar-refractivity contribution in [2.75, 3.05) is 4.90 Å². The van der Waals surface area contributed by atoms with Crippen molar-refractivity contribution in [1.29, 1.82) is 0 Å². The van der Waals surface area contributed by atoms with Crippen LogP contribution < -0.4 is 10.2 Å². The number of carbonyl (C=O) groups excluding carboxylic acids is 2. The van der Waals surface area contributed by atoms with E-state index in [-0.39, 0.29) is 17.7 Å². The monoisotopic (exact) mass is 406 g/mol. The van der Waals surface area contributed by atoms with Gasteiger partial charge in [-0.1, -0.05) is 61.6 Å². The Morgan fingerprint density at radius 2 is 1.33 bits per heavy atom. The molecule has 0 bridgehead atoms. The maximum atomic E-state index is 13.6. The number of nitrogens with one attached hydrogen (secondary N) is 1. The zero-order valence-electron chi connectivity index (χ0n) is 18.7. The molecule has 4 nitrogen and oxygen atoms in total. The Kier molecular flexibility index (Phi) is 6.96. The first-order chi connectivity index (χ1) is 14.3. The molecule has 0 aliphatic carbocycles. The molecule has 0 radical (unpaired) electrons. The van der Waals surface area contributed by atoms with Gasteiger partial charge in [-0.05, 0) is 63.8 Å². The highest BCUT2D eigenvalue weighted by Gasteiger charge is 2.45. The molecule has 2 aromatic rings. The Labute approximate surface area is 180 Å². The standard InChI is InChI=1S/C26H34N2O2/c1-19-11-15-22(16-12-19)28(23-17-13-20(2)14-18-23)26(4)21(3)9-7-5-6-8-10-24(29)27-25(26)30/h11-18,21H,5-10H2,1-4H3,(H,27,29,30). The average Bonchev–Trinajstić information content (AvgIpc) is 2.74. The molecule has 1 fully saturated rings. The van der Waals surface area contributed by atoms with Crippen LogP contribution in [0.5, 0.6) is 0 Å². The molecule has 2 aromatic carbocycles. The molecule has 30 heavy (non-hydrogen) atoms. The van der Waals surface area contributed by atoms with Crippen molar-refractivity contribution in [3.05, 3.63) is 59.7 Å². The Hall–Kier alpha value is -2.62. The van der Waals surface area contributed by atoms with Crippen molar-refractivity contribution in [1.82, 2.24) is 5.32 Å². The Balaban J connectivity index is 2.14. The van der Waals surface area contributed by atoms with Crippen LogP contribution >= 0.6 is 0 Å². The maximum Gasteiger partial charge on any atom is 0.252 e. The summed E-state index contributed by atoms with van der Waals surface area (Å²) in [5.74, 6) is -0.331. The van der Waals surface area contributed by atoms with Crippen molar-refractivity contribution < 1.29 is 9.59 Å². The first-order valence-corrected chi connectivity index (χ1v) is 11.1. The number of amides is 2. The molecule has 0 aromatic heterocycles. The van der Waals surface area contributed by atoms with Gasteiger partial charge in [-0.25, -0.2) is 0 Å². The second-order valence-electron chi connectivity index (χ2n) is 8.89. The minimum Gasteiger partial charge on any atom is -0.326 e. The molecule has 2 unspecified atom stereocenters. The van der Waals surface area contributed by atoms with Crippen molar-refractivity contribution >= 4 is 23.2 Å². The number of benzene rings is 2. The van der Waals surface area contributed by atoms with E-state index in [0.29, 0.717) is 6.42 Å². The van der Waals surface area contributed by atoms with E-state index in [1.807, 2.05) is 6.92 Å². The predicted octanol–water partition coefficient (Wildman–Crippen LogP) is 5.83. The van der Waals surface area contributed by atoms with Gasteiger partial charge in [-0.15, -0.1) is 0 Å². The van der Waals surface area contributed by atoms with Gasteiger partial charge in [0.25, 0.3) is 5.91 Å². The zero-order chi connectivity index (χ0) is 21.7. The highest BCUT2D eigenvalue weighted by atomic mass is 16.2. The molecule has 0 spiro atoms. The molecule has 1 saturated heterocycles. The fraction of sp³-hybridized carbons (Fsp3) is 0.462. The molecule has 3 rings (SSSR count). The summed E-state index contributed by atoms with van der Waals surface area (Å²) < 4.78 is 0. The molecular weight excluding hydrogens is 372 g/mol. The Bertz CT molecular complexity index is 827. The largest absolute Gasteiger partial charge is 0.326 e. The van der Waals surface area contributed by atoms with Gasteiger partial charge in [0.15, 0.2) is 0 Å². The molecule has 2 amide bonds. The Morgan fingerprint density at radius 3 is 1.87 bits per heavy atom. The van der Waals surface area contributed by atoms with Crippen molar-refractivity contribution in [3.8, 4) is 0 Å². The van der Waals surface area contributed by atoms with E-state index in [1.165, 1.54) is 11.1 Å². The van der Waals surface area contributed by atoms with E-state index in [2.05, 4.69) is 79.5 Å². The van der Waals surface area contributed by atoms with Crippen molar-refractivity contribution in [3.63, 3.8) is 0 Å². The summed E-state index contributed by atoms with van der Waals surface area (Å²) in [6.45, 7) is 8.24. The third-order valence-corrected chi connectivity index (χ3v) is 6.51. The zero-order valence-corrected chi connectivity index (χ0v) is 18.7. The van der Waals surface area contributed by atoms with Gasteiger partial charge in [0.1, 0.15) is 5.54 Å². The molecule has 0 saturated carbocycles. The minimum absolute atomic E-state index is 0.0611. The summed E-state index contributed by atoms with van der Waals surface area (Å²) >= 11 is 0. The van der Waals surface area contributed by atoms with Crippen LogP contribution in [0.15, 0.2) is 48.5 Å². The smallest absolute Gasteiger partial charge is 0.252 e. The number of anilines is 2. The van der Waals surface area contributed by atoms with Crippen LogP contribution in [-0.4, -0.2) is 17.4 Å². The molecule has 1 N–H and O–H groups in total. The van der Waals surface area contributed by atoms with Crippen LogP contribution in [0.1, 0.15) is 63.5 Å². The number of hydrogen-bond donors (Lipinski definition) is 1. The van der Waals surface area contributed by atoms with Gasteiger partial charge in [0, 0.05) is 17.8 Å². The maximum absolute atomic E-state index is 13.6. The topological polar surface area (TPSA) is 49.4 Å². The second kappa shape index (κ2) is 9.46. The lowest BCUT2D eigenvalue weighted by molar-refractivity contribution is -0.134. The van der Waals surface area contributed by atoms with Gasteiger partial charge < -0.3 is 4.90 Å². The van der Waals surface area contributed by atoms with Crippen molar-refractivity contribution in [2.45, 2.75) is 71.8 Å². The third kappa shape index (κ3) is 4.75. The van der Waals surface area contributed by atoms with E-state index in [1.54, 1.807) is 0 Å². The summed E-state index contributed by atoms with van der Waals surface area (Å²) in [5.41, 5.74) is 3.35. The van der Waals surface area contributed by atoms with Crippen LogP contribution in [0.25, 0.3) is 0 Å². The van der Waals surface area contributed by atoms with Crippen LogP contribution in [0.3, 0.4) is 0 Å². The highest BCUT2D eigenvalue weighted by Crippen LogP contribution is 2.40. The van der Waals surface area contributed by atoms with E-state index in [4.69, 9.17) is 0 Å². The van der Waals surface area contributed by atoms with E-state index >= 15 is 0 Å². The molecule has 1 aliphatic rings. The molecule has 1 aliphatic heterocycles. The van der Waals surface area contributed by atoms with Crippen LogP contribution in [0.4, 0.5) is 11.4 Å². The number of rotatable bonds is 3. The van der Waals surface area contributed by atoms with Gasteiger partial charge in [0.2, 0.25) is 5.91 Å². The lowest BCUT2D eigenvalue weighted by atomic mass is 9.80. The fourth-order valence-electron chi connectivity index (χ4n) is 4.31. The number of nitrogens with zero attached hydrogens (tertiary/aromatic N) is 1. The third-order valence-electron chi connectivity index (χ3n) is 6.51. The average molecular weight is 407 g/mol. The summed E-state index contributed by atoms with van der Waals surface area (Å²) in [5, 5.41) is 2.72. The van der Waals surface area contributed by atoms with Crippen LogP contribution in [-0.2, 0) is 9.59 Å². The quantitative estimate of drug-likeness (QED) is 0.652. The van der Waals surface area contributed by atoms with Crippen molar-refractivity contribution in [2.24, 2.45) is 5.92 Å².